The molecule has 2 rings (SSSR count). The number of hydrogen-bond donors (Lipinski definition) is 3. The third kappa shape index (κ3) is 7.01. The third-order valence-electron chi connectivity index (χ3n) is 4.00. The molecule has 4 N–H and O–H groups in total. The predicted molar refractivity (Wildman–Crippen MR) is 93.5 cm³/mol. The van der Waals surface area contributed by atoms with Crippen molar-refractivity contribution >= 4 is 24.2 Å². The molecule has 0 saturated heterocycles. The maximum atomic E-state index is 11.8. The first-order chi connectivity index (χ1) is 10.6. The SMILES string of the molecule is Cc1ccc(CCC(=O)NCC(=O)NC(CN)C2CC2)cc1.Cl. The molecule has 1 saturated carbocycles. The number of aryl methyl sites for hydroxylation is 2. The number of hydrogen-bond acceptors (Lipinski definition) is 3. The lowest BCUT2D eigenvalue weighted by Gasteiger charge is -2.16. The third-order valence-corrected chi connectivity index (χ3v) is 4.00. The maximum absolute atomic E-state index is 11.8. The van der Waals surface area contributed by atoms with Gasteiger partial charge in [-0.3, -0.25) is 9.59 Å². The number of rotatable bonds is 8. The fourth-order valence-electron chi connectivity index (χ4n) is 2.41. The van der Waals surface area contributed by atoms with Crippen LogP contribution in [0.15, 0.2) is 24.3 Å². The van der Waals surface area contributed by atoms with E-state index in [2.05, 4.69) is 10.6 Å². The van der Waals surface area contributed by atoms with Gasteiger partial charge in [0.05, 0.1) is 6.54 Å². The van der Waals surface area contributed by atoms with E-state index in [0.29, 0.717) is 25.3 Å². The minimum absolute atomic E-state index is 0. The summed E-state index contributed by atoms with van der Waals surface area (Å²) < 4.78 is 0. The molecule has 1 aromatic carbocycles. The van der Waals surface area contributed by atoms with Crippen LogP contribution in [-0.2, 0) is 16.0 Å². The molecule has 1 aromatic rings. The fraction of sp³-hybridized carbons (Fsp3) is 0.529. The van der Waals surface area contributed by atoms with Crippen molar-refractivity contribution in [1.82, 2.24) is 10.6 Å². The summed E-state index contributed by atoms with van der Waals surface area (Å²) in [6.07, 6.45) is 3.33. The molecule has 0 radical (unpaired) electrons. The second-order valence-corrected chi connectivity index (χ2v) is 6.01. The second-order valence-electron chi connectivity index (χ2n) is 6.01. The Morgan fingerprint density at radius 1 is 1.22 bits per heavy atom. The monoisotopic (exact) mass is 339 g/mol. The Kier molecular flexibility index (Phi) is 8.06. The average molecular weight is 340 g/mol. The zero-order chi connectivity index (χ0) is 15.9. The number of amides is 2. The number of nitrogens with one attached hydrogen (secondary N) is 2. The molecule has 0 aliphatic heterocycles. The van der Waals surface area contributed by atoms with Crippen molar-refractivity contribution in [3.63, 3.8) is 0 Å². The quantitative estimate of drug-likeness (QED) is 0.668. The van der Waals surface area contributed by atoms with Crippen LogP contribution < -0.4 is 16.4 Å². The zero-order valence-electron chi connectivity index (χ0n) is 13.5. The lowest BCUT2D eigenvalue weighted by Crippen LogP contribution is -2.46. The summed E-state index contributed by atoms with van der Waals surface area (Å²) >= 11 is 0. The minimum atomic E-state index is -0.161. The topological polar surface area (TPSA) is 84.2 Å². The lowest BCUT2D eigenvalue weighted by molar-refractivity contribution is -0.126. The van der Waals surface area contributed by atoms with Gasteiger partial charge in [-0.2, -0.15) is 0 Å². The molecule has 6 heteroatoms. The van der Waals surface area contributed by atoms with Gasteiger partial charge in [-0.25, -0.2) is 0 Å². The van der Waals surface area contributed by atoms with Gasteiger partial charge in [0.2, 0.25) is 11.8 Å². The summed E-state index contributed by atoms with van der Waals surface area (Å²) in [5.41, 5.74) is 7.97. The Hall–Kier alpha value is -1.59. The molecule has 1 aliphatic carbocycles. The molecule has 0 heterocycles. The molecule has 1 atom stereocenters. The summed E-state index contributed by atoms with van der Waals surface area (Å²) in [6, 6.07) is 8.17. The first-order valence-electron chi connectivity index (χ1n) is 7.90. The summed E-state index contributed by atoms with van der Waals surface area (Å²) in [6.45, 7) is 2.51. The van der Waals surface area contributed by atoms with Crippen LogP contribution in [0, 0.1) is 12.8 Å². The highest BCUT2D eigenvalue weighted by Gasteiger charge is 2.31. The smallest absolute Gasteiger partial charge is 0.239 e. The second kappa shape index (κ2) is 9.53. The van der Waals surface area contributed by atoms with Crippen LogP contribution in [0.4, 0.5) is 0 Å². The van der Waals surface area contributed by atoms with Crippen molar-refractivity contribution in [2.24, 2.45) is 11.7 Å². The van der Waals surface area contributed by atoms with Crippen molar-refractivity contribution in [3.05, 3.63) is 35.4 Å². The Labute approximate surface area is 143 Å². The van der Waals surface area contributed by atoms with Crippen molar-refractivity contribution in [2.45, 2.75) is 38.6 Å². The van der Waals surface area contributed by atoms with Crippen molar-refractivity contribution in [2.75, 3.05) is 13.1 Å². The summed E-state index contributed by atoms with van der Waals surface area (Å²) in [4.78, 5) is 23.6. The zero-order valence-corrected chi connectivity index (χ0v) is 14.3. The van der Waals surface area contributed by atoms with Gasteiger partial charge in [0.25, 0.3) is 0 Å². The molecule has 1 fully saturated rings. The fourth-order valence-corrected chi connectivity index (χ4v) is 2.41. The molecule has 128 valence electrons. The first kappa shape index (κ1) is 19.5. The van der Waals surface area contributed by atoms with Crippen LogP contribution in [0.3, 0.4) is 0 Å². The van der Waals surface area contributed by atoms with Crippen LogP contribution >= 0.6 is 12.4 Å². The van der Waals surface area contributed by atoms with Gasteiger partial charge < -0.3 is 16.4 Å². The lowest BCUT2D eigenvalue weighted by atomic mass is 10.1. The number of halogens is 1. The maximum Gasteiger partial charge on any atom is 0.239 e. The summed E-state index contributed by atoms with van der Waals surface area (Å²) in [5.74, 6) is 0.253. The van der Waals surface area contributed by atoms with E-state index in [1.165, 1.54) is 5.56 Å². The number of carbonyl (C=O) groups is 2. The van der Waals surface area contributed by atoms with E-state index < -0.39 is 0 Å². The highest BCUT2D eigenvalue weighted by atomic mass is 35.5. The average Bonchev–Trinajstić information content (AvgIpc) is 3.34. The number of nitrogens with two attached hydrogens (primary N) is 1. The van der Waals surface area contributed by atoms with E-state index in [4.69, 9.17) is 5.73 Å². The van der Waals surface area contributed by atoms with Crippen molar-refractivity contribution < 1.29 is 9.59 Å². The highest BCUT2D eigenvalue weighted by Crippen LogP contribution is 2.32. The van der Waals surface area contributed by atoms with E-state index in [-0.39, 0.29) is 36.8 Å². The Bertz CT molecular complexity index is 515. The minimum Gasteiger partial charge on any atom is -0.350 e. The largest absolute Gasteiger partial charge is 0.350 e. The Morgan fingerprint density at radius 2 is 1.87 bits per heavy atom. The number of carbonyl (C=O) groups excluding carboxylic acids is 2. The van der Waals surface area contributed by atoms with Gasteiger partial charge in [0, 0.05) is 19.0 Å². The van der Waals surface area contributed by atoms with Crippen molar-refractivity contribution in [3.8, 4) is 0 Å². The molecular formula is C17H26ClN3O2. The van der Waals surface area contributed by atoms with Gasteiger partial charge in [-0.1, -0.05) is 29.8 Å². The van der Waals surface area contributed by atoms with E-state index in [1.807, 2.05) is 31.2 Å². The molecule has 2 amide bonds. The predicted octanol–water partition coefficient (Wildman–Crippen LogP) is 1.32. The number of benzene rings is 1. The molecule has 5 nitrogen and oxygen atoms in total. The first-order valence-corrected chi connectivity index (χ1v) is 7.90. The molecule has 0 spiro atoms. The van der Waals surface area contributed by atoms with Gasteiger partial charge in [0.1, 0.15) is 0 Å². The van der Waals surface area contributed by atoms with Crippen LogP contribution in [0.2, 0.25) is 0 Å². The van der Waals surface area contributed by atoms with E-state index in [0.717, 1.165) is 18.4 Å². The van der Waals surface area contributed by atoms with E-state index in [1.54, 1.807) is 0 Å². The van der Waals surface area contributed by atoms with E-state index in [9.17, 15) is 9.59 Å². The molecule has 0 aromatic heterocycles. The van der Waals surface area contributed by atoms with Gasteiger partial charge in [-0.15, -0.1) is 12.4 Å². The van der Waals surface area contributed by atoms with Gasteiger partial charge >= 0.3 is 0 Å². The Morgan fingerprint density at radius 3 is 2.43 bits per heavy atom. The van der Waals surface area contributed by atoms with Crippen LogP contribution in [0.5, 0.6) is 0 Å². The Balaban J connectivity index is 0.00000264. The standard InChI is InChI=1S/C17H25N3O2.ClH/c1-12-2-4-13(5-3-12)6-9-16(21)19-11-17(22)20-15(10-18)14-7-8-14;/h2-5,14-15H,6-11,18H2,1H3,(H,19,21)(H,20,22);1H. The molecule has 23 heavy (non-hydrogen) atoms. The van der Waals surface area contributed by atoms with Crippen LogP contribution in [-0.4, -0.2) is 30.9 Å². The normalized spacial score (nSPS) is 14.5. The van der Waals surface area contributed by atoms with E-state index >= 15 is 0 Å². The molecule has 1 unspecified atom stereocenters. The summed E-state index contributed by atoms with van der Waals surface area (Å²) in [5, 5.41) is 5.55. The molecule has 0 bridgehead atoms. The van der Waals surface area contributed by atoms with Crippen LogP contribution in [0.1, 0.15) is 30.4 Å². The molecule has 1 aliphatic rings. The van der Waals surface area contributed by atoms with Crippen molar-refractivity contribution in [1.29, 1.82) is 0 Å². The van der Waals surface area contributed by atoms with Crippen LogP contribution in [0.25, 0.3) is 0 Å². The molecular weight excluding hydrogens is 314 g/mol. The van der Waals surface area contributed by atoms with Gasteiger partial charge in [0.15, 0.2) is 0 Å². The highest BCUT2D eigenvalue weighted by molar-refractivity contribution is 5.85. The summed E-state index contributed by atoms with van der Waals surface area (Å²) in [7, 11) is 0. The van der Waals surface area contributed by atoms with Gasteiger partial charge in [-0.05, 0) is 37.7 Å².